The molecule has 0 aliphatic rings. The molecular weight excluding hydrogens is 276 g/mol. The first-order valence-corrected chi connectivity index (χ1v) is 6.97. The third-order valence-electron chi connectivity index (χ3n) is 3.33. The molecule has 3 N–H and O–H groups in total. The number of nitrogen functional groups attached to an aromatic ring is 1. The zero-order valence-electron chi connectivity index (χ0n) is 12.5. The number of nitrogens with zero attached hydrogens (tertiary/aromatic N) is 4. The van der Waals surface area contributed by atoms with Crippen LogP contribution in [0.15, 0.2) is 30.9 Å². The molecule has 3 aromatic heterocycles. The van der Waals surface area contributed by atoms with Gasteiger partial charge in [0.15, 0.2) is 0 Å². The molecule has 0 saturated carbocycles. The zero-order chi connectivity index (χ0) is 15.5. The summed E-state index contributed by atoms with van der Waals surface area (Å²) in [6.07, 6.45) is 7.12. The van der Waals surface area contributed by atoms with E-state index >= 15 is 0 Å². The van der Waals surface area contributed by atoms with Gasteiger partial charge in [-0.3, -0.25) is 4.68 Å². The molecule has 0 amide bonds. The van der Waals surface area contributed by atoms with Crippen LogP contribution in [-0.2, 0) is 6.54 Å². The first-order valence-electron chi connectivity index (χ1n) is 6.97. The van der Waals surface area contributed by atoms with Crippen LogP contribution in [0.1, 0.15) is 18.1 Å². The van der Waals surface area contributed by atoms with E-state index in [2.05, 4.69) is 32.2 Å². The van der Waals surface area contributed by atoms with Gasteiger partial charge in [-0.2, -0.15) is 5.10 Å². The van der Waals surface area contributed by atoms with Crippen LogP contribution in [-0.4, -0.2) is 26.8 Å². The Bertz CT molecular complexity index is 885. The standard InChI is InChI=1S/C16H16N6/c1-3-22-10-11(7-21-22)4-5-12-8-20-16(18-2)14-9-19-15(17)6-13(12)14/h6-10H,3H2,1-2H3,(H2,17,19)(H,18,20). The fraction of sp³-hybridized carbons (Fsp3) is 0.188. The quantitative estimate of drug-likeness (QED) is 0.705. The lowest BCUT2D eigenvalue weighted by molar-refractivity contribution is 0.660. The molecule has 3 heterocycles. The van der Waals surface area contributed by atoms with Crippen molar-refractivity contribution in [3.05, 3.63) is 42.0 Å². The highest BCUT2D eigenvalue weighted by atomic mass is 15.3. The van der Waals surface area contributed by atoms with Crippen LogP contribution in [0.5, 0.6) is 0 Å². The highest BCUT2D eigenvalue weighted by molar-refractivity contribution is 5.96. The van der Waals surface area contributed by atoms with Gasteiger partial charge in [-0.05, 0) is 13.0 Å². The smallest absolute Gasteiger partial charge is 0.135 e. The second-order valence-electron chi connectivity index (χ2n) is 4.76. The second-order valence-corrected chi connectivity index (χ2v) is 4.76. The monoisotopic (exact) mass is 292 g/mol. The maximum Gasteiger partial charge on any atom is 0.135 e. The molecule has 0 unspecified atom stereocenters. The van der Waals surface area contributed by atoms with Crippen LogP contribution in [0.25, 0.3) is 10.8 Å². The van der Waals surface area contributed by atoms with Crippen LogP contribution < -0.4 is 11.1 Å². The average Bonchev–Trinajstić information content (AvgIpc) is 3.00. The van der Waals surface area contributed by atoms with Gasteiger partial charge < -0.3 is 11.1 Å². The van der Waals surface area contributed by atoms with Crippen LogP contribution >= 0.6 is 0 Å². The van der Waals surface area contributed by atoms with Gasteiger partial charge in [0.25, 0.3) is 0 Å². The van der Waals surface area contributed by atoms with E-state index in [9.17, 15) is 0 Å². The van der Waals surface area contributed by atoms with Crippen molar-refractivity contribution >= 4 is 22.4 Å². The molecule has 0 radical (unpaired) electrons. The number of anilines is 2. The predicted molar refractivity (Wildman–Crippen MR) is 87.4 cm³/mol. The minimum absolute atomic E-state index is 0.461. The van der Waals surface area contributed by atoms with Crippen LogP contribution in [0, 0.1) is 11.8 Å². The molecule has 0 atom stereocenters. The van der Waals surface area contributed by atoms with Crippen molar-refractivity contribution in [3.8, 4) is 11.8 Å². The van der Waals surface area contributed by atoms with Crippen molar-refractivity contribution in [3.63, 3.8) is 0 Å². The molecular formula is C16H16N6. The van der Waals surface area contributed by atoms with Gasteiger partial charge in [-0.1, -0.05) is 11.8 Å². The summed E-state index contributed by atoms with van der Waals surface area (Å²) < 4.78 is 1.84. The Morgan fingerprint density at radius 3 is 2.77 bits per heavy atom. The zero-order valence-corrected chi connectivity index (χ0v) is 12.5. The molecule has 0 aromatic carbocycles. The molecule has 0 aliphatic carbocycles. The van der Waals surface area contributed by atoms with Crippen LogP contribution in [0.2, 0.25) is 0 Å². The van der Waals surface area contributed by atoms with Crippen molar-refractivity contribution in [1.29, 1.82) is 0 Å². The lowest BCUT2D eigenvalue weighted by Crippen LogP contribution is -1.97. The van der Waals surface area contributed by atoms with E-state index in [-0.39, 0.29) is 0 Å². The van der Waals surface area contributed by atoms with E-state index in [1.165, 1.54) is 0 Å². The maximum atomic E-state index is 5.80. The average molecular weight is 292 g/mol. The Kier molecular flexibility index (Phi) is 3.62. The number of aromatic nitrogens is 4. The SMILES string of the molecule is CCn1cc(C#Cc2cnc(NC)c3cnc(N)cc23)cn1. The molecule has 0 saturated heterocycles. The third kappa shape index (κ3) is 2.56. The third-order valence-corrected chi connectivity index (χ3v) is 3.33. The number of pyridine rings is 2. The predicted octanol–water partition coefficient (Wildman–Crippen LogP) is 1.87. The first kappa shape index (κ1) is 13.9. The van der Waals surface area contributed by atoms with E-state index < -0.39 is 0 Å². The largest absolute Gasteiger partial charge is 0.384 e. The molecule has 3 rings (SSSR count). The summed E-state index contributed by atoms with van der Waals surface area (Å²) in [6.45, 7) is 2.86. The summed E-state index contributed by atoms with van der Waals surface area (Å²) in [7, 11) is 1.82. The van der Waals surface area contributed by atoms with Gasteiger partial charge in [0.1, 0.15) is 11.6 Å². The highest BCUT2D eigenvalue weighted by Crippen LogP contribution is 2.24. The van der Waals surface area contributed by atoms with Crippen molar-refractivity contribution in [2.75, 3.05) is 18.1 Å². The summed E-state index contributed by atoms with van der Waals surface area (Å²) >= 11 is 0. The number of rotatable bonds is 2. The van der Waals surface area contributed by atoms with Gasteiger partial charge in [-0.25, -0.2) is 9.97 Å². The summed E-state index contributed by atoms with van der Waals surface area (Å²) in [5.74, 6) is 7.47. The molecule has 6 nitrogen and oxygen atoms in total. The van der Waals surface area contributed by atoms with E-state index in [1.54, 1.807) is 18.6 Å². The van der Waals surface area contributed by atoms with Crippen molar-refractivity contribution in [1.82, 2.24) is 19.7 Å². The fourth-order valence-electron chi connectivity index (χ4n) is 2.19. The number of fused-ring (bicyclic) bond motifs is 1. The summed E-state index contributed by atoms with van der Waals surface area (Å²) in [5.41, 5.74) is 7.48. The first-order chi connectivity index (χ1) is 10.7. The molecule has 22 heavy (non-hydrogen) atoms. The van der Waals surface area contributed by atoms with Crippen molar-refractivity contribution in [2.45, 2.75) is 13.5 Å². The molecule has 0 aliphatic heterocycles. The number of nitrogens with two attached hydrogens (primary N) is 1. The fourth-order valence-corrected chi connectivity index (χ4v) is 2.19. The molecule has 0 bridgehead atoms. The van der Waals surface area contributed by atoms with E-state index in [1.807, 2.05) is 30.9 Å². The van der Waals surface area contributed by atoms with Crippen molar-refractivity contribution < 1.29 is 0 Å². The van der Waals surface area contributed by atoms with Crippen molar-refractivity contribution in [2.24, 2.45) is 0 Å². The maximum absolute atomic E-state index is 5.80. The molecule has 6 heteroatoms. The van der Waals surface area contributed by atoms with Gasteiger partial charge in [0, 0.05) is 43.0 Å². The normalized spacial score (nSPS) is 10.3. The van der Waals surface area contributed by atoms with E-state index in [0.717, 1.165) is 34.3 Å². The Labute approximate surface area is 128 Å². The Morgan fingerprint density at radius 2 is 2.05 bits per heavy atom. The Morgan fingerprint density at radius 1 is 1.18 bits per heavy atom. The molecule has 0 spiro atoms. The second kappa shape index (κ2) is 5.74. The van der Waals surface area contributed by atoms with Gasteiger partial charge in [0.05, 0.1) is 17.3 Å². The summed E-state index contributed by atoms with van der Waals surface area (Å²) in [6, 6.07) is 1.82. The van der Waals surface area contributed by atoms with Gasteiger partial charge >= 0.3 is 0 Å². The lowest BCUT2D eigenvalue weighted by Gasteiger charge is -2.06. The number of hydrogen-bond donors (Lipinski definition) is 2. The molecule has 0 fully saturated rings. The van der Waals surface area contributed by atoms with Crippen LogP contribution in [0.3, 0.4) is 0 Å². The number of aryl methyl sites for hydroxylation is 1. The van der Waals surface area contributed by atoms with Gasteiger partial charge in [-0.15, -0.1) is 0 Å². The van der Waals surface area contributed by atoms with E-state index in [0.29, 0.717) is 5.82 Å². The number of nitrogens with one attached hydrogen (secondary N) is 1. The highest BCUT2D eigenvalue weighted by Gasteiger charge is 2.06. The Hall–Kier alpha value is -3.07. The minimum Gasteiger partial charge on any atom is -0.384 e. The summed E-state index contributed by atoms with van der Waals surface area (Å²) in [5, 5.41) is 9.09. The lowest BCUT2D eigenvalue weighted by atomic mass is 10.1. The summed E-state index contributed by atoms with van der Waals surface area (Å²) in [4.78, 5) is 8.50. The number of hydrogen-bond acceptors (Lipinski definition) is 5. The molecule has 3 aromatic rings. The molecule has 110 valence electrons. The van der Waals surface area contributed by atoms with Crippen LogP contribution in [0.4, 0.5) is 11.6 Å². The van der Waals surface area contributed by atoms with Gasteiger partial charge in [0.2, 0.25) is 0 Å². The topological polar surface area (TPSA) is 81.7 Å². The Balaban J connectivity index is 2.09. The minimum atomic E-state index is 0.461. The van der Waals surface area contributed by atoms with E-state index in [4.69, 9.17) is 5.73 Å².